The second-order valence-corrected chi connectivity index (χ2v) is 4.14. The molecule has 0 aliphatic carbocycles. The van der Waals surface area contributed by atoms with Crippen molar-refractivity contribution in [1.29, 1.82) is 0 Å². The average molecular weight is 266 g/mol. The van der Waals surface area contributed by atoms with E-state index in [4.69, 9.17) is 14.1 Å². The quantitative estimate of drug-likeness (QED) is 0.594. The molecular weight excluding hydrogens is 251 g/mol. The zero-order valence-corrected chi connectivity index (χ0v) is 10.8. The van der Waals surface area contributed by atoms with Crippen molar-refractivity contribution in [3.8, 4) is 11.5 Å². The molecule has 7 heteroatoms. The topological polar surface area (TPSA) is 85.2 Å². The van der Waals surface area contributed by atoms with Crippen molar-refractivity contribution in [2.24, 2.45) is 0 Å². The van der Waals surface area contributed by atoms with Crippen LogP contribution in [0.4, 0.5) is 0 Å². The molecule has 2 N–H and O–H groups in total. The highest BCUT2D eigenvalue weighted by Gasteiger charge is 2.39. The van der Waals surface area contributed by atoms with Crippen LogP contribution in [0.1, 0.15) is 25.0 Å². The number of rotatable bonds is 4. The molecule has 0 bridgehead atoms. The SMILES string of the molecule is CCOC(=O)CC1OB(O)c2cc(O)cc(OC)c21. The van der Waals surface area contributed by atoms with Gasteiger partial charge in [-0.2, -0.15) is 0 Å². The van der Waals surface area contributed by atoms with Gasteiger partial charge in [0.25, 0.3) is 0 Å². The lowest BCUT2D eigenvalue weighted by Gasteiger charge is -2.14. The third-order valence-corrected chi connectivity index (χ3v) is 2.92. The van der Waals surface area contributed by atoms with Gasteiger partial charge in [0.1, 0.15) is 11.5 Å². The Kier molecular flexibility index (Phi) is 3.97. The van der Waals surface area contributed by atoms with Crippen LogP contribution >= 0.6 is 0 Å². The summed E-state index contributed by atoms with van der Waals surface area (Å²) in [5.74, 6) is -0.0708. The zero-order chi connectivity index (χ0) is 14.0. The summed E-state index contributed by atoms with van der Waals surface area (Å²) in [5.41, 5.74) is 0.979. The van der Waals surface area contributed by atoms with E-state index in [2.05, 4.69) is 0 Å². The normalized spacial score (nSPS) is 17.2. The van der Waals surface area contributed by atoms with Gasteiger partial charge in [0.2, 0.25) is 0 Å². The standard InChI is InChI=1S/C12H15BO6/c1-3-18-11(15)6-10-12-8(13(16)19-10)4-7(14)5-9(12)17-2/h4-5,10,14,16H,3,6H2,1-2H3. The van der Waals surface area contributed by atoms with E-state index in [-0.39, 0.29) is 18.8 Å². The molecule has 2 rings (SSSR count). The molecule has 1 aliphatic heterocycles. The minimum atomic E-state index is -1.18. The van der Waals surface area contributed by atoms with Gasteiger partial charge in [-0.25, -0.2) is 0 Å². The smallest absolute Gasteiger partial charge is 0.492 e. The Morgan fingerprint density at radius 2 is 2.26 bits per heavy atom. The predicted octanol–water partition coefficient (Wildman–Crippen LogP) is 0.113. The summed E-state index contributed by atoms with van der Waals surface area (Å²) in [7, 11) is 0.261. The van der Waals surface area contributed by atoms with Crippen LogP contribution in [0.25, 0.3) is 0 Å². The van der Waals surface area contributed by atoms with Crippen LogP contribution in [0, 0.1) is 0 Å². The molecule has 0 saturated heterocycles. The summed E-state index contributed by atoms with van der Waals surface area (Å²) >= 11 is 0. The van der Waals surface area contributed by atoms with E-state index in [1.165, 1.54) is 19.2 Å². The Bertz CT molecular complexity index is 489. The maximum absolute atomic E-state index is 11.5. The second-order valence-electron chi connectivity index (χ2n) is 4.14. The molecular formula is C12H15BO6. The Morgan fingerprint density at radius 1 is 1.53 bits per heavy atom. The number of hydrogen-bond acceptors (Lipinski definition) is 6. The van der Waals surface area contributed by atoms with E-state index in [1.54, 1.807) is 6.92 Å². The molecule has 1 aliphatic rings. The first-order valence-electron chi connectivity index (χ1n) is 5.96. The number of ether oxygens (including phenoxy) is 2. The third kappa shape index (κ3) is 2.67. The number of aromatic hydroxyl groups is 1. The molecule has 0 fully saturated rings. The van der Waals surface area contributed by atoms with Gasteiger partial charge in [-0.3, -0.25) is 4.79 Å². The minimum Gasteiger partial charge on any atom is -0.508 e. The molecule has 1 aromatic rings. The number of methoxy groups -OCH3 is 1. The number of hydrogen-bond donors (Lipinski definition) is 2. The highest BCUT2D eigenvalue weighted by Crippen LogP contribution is 2.36. The number of phenolic OH excluding ortho intramolecular Hbond substituents is 1. The average Bonchev–Trinajstić information content (AvgIpc) is 2.65. The lowest BCUT2D eigenvalue weighted by molar-refractivity contribution is -0.145. The maximum atomic E-state index is 11.5. The summed E-state index contributed by atoms with van der Waals surface area (Å²) in [6, 6.07) is 2.81. The maximum Gasteiger partial charge on any atom is 0.492 e. The van der Waals surface area contributed by atoms with Crippen molar-refractivity contribution in [1.82, 2.24) is 0 Å². The van der Waals surface area contributed by atoms with Gasteiger partial charge in [-0.1, -0.05) is 0 Å². The van der Waals surface area contributed by atoms with Crippen LogP contribution in [0.15, 0.2) is 12.1 Å². The van der Waals surface area contributed by atoms with Crippen LogP contribution in [0.5, 0.6) is 11.5 Å². The van der Waals surface area contributed by atoms with Gasteiger partial charge in [0.15, 0.2) is 0 Å². The molecule has 0 radical (unpaired) electrons. The van der Waals surface area contributed by atoms with Crippen molar-refractivity contribution in [2.75, 3.05) is 13.7 Å². The Balaban J connectivity index is 2.31. The molecule has 19 heavy (non-hydrogen) atoms. The lowest BCUT2D eigenvalue weighted by Crippen LogP contribution is -2.28. The van der Waals surface area contributed by atoms with Crippen LogP contribution in [0.3, 0.4) is 0 Å². The minimum absolute atomic E-state index is 0.0148. The van der Waals surface area contributed by atoms with E-state index in [0.717, 1.165) is 0 Å². The first-order chi connectivity index (χ1) is 9.06. The Hall–Kier alpha value is -1.73. The number of fused-ring (bicyclic) bond motifs is 1. The molecule has 0 aromatic heterocycles. The number of carbonyl (C=O) groups is 1. The van der Waals surface area contributed by atoms with Crippen molar-refractivity contribution >= 4 is 18.6 Å². The van der Waals surface area contributed by atoms with Gasteiger partial charge >= 0.3 is 13.1 Å². The van der Waals surface area contributed by atoms with Gasteiger partial charge in [0.05, 0.1) is 26.2 Å². The Labute approximate surface area is 111 Å². The van der Waals surface area contributed by atoms with Crippen LogP contribution < -0.4 is 10.2 Å². The van der Waals surface area contributed by atoms with Gasteiger partial charge in [0, 0.05) is 11.6 Å². The van der Waals surface area contributed by atoms with E-state index in [1.807, 2.05) is 0 Å². The molecule has 0 spiro atoms. The third-order valence-electron chi connectivity index (χ3n) is 2.92. The first kappa shape index (κ1) is 13.7. The first-order valence-corrected chi connectivity index (χ1v) is 5.96. The van der Waals surface area contributed by atoms with Crippen molar-refractivity contribution in [2.45, 2.75) is 19.4 Å². The molecule has 102 valence electrons. The predicted molar refractivity (Wildman–Crippen MR) is 67.3 cm³/mol. The summed E-state index contributed by atoms with van der Waals surface area (Å²) in [4.78, 5) is 11.5. The van der Waals surface area contributed by atoms with Gasteiger partial charge in [-0.15, -0.1) is 0 Å². The molecule has 6 nitrogen and oxygen atoms in total. The van der Waals surface area contributed by atoms with Crippen LogP contribution in [-0.4, -0.2) is 36.9 Å². The van der Waals surface area contributed by atoms with E-state index in [0.29, 0.717) is 16.8 Å². The highest BCUT2D eigenvalue weighted by atomic mass is 16.5. The summed E-state index contributed by atoms with van der Waals surface area (Å²) < 4.78 is 15.3. The molecule has 0 amide bonds. The van der Waals surface area contributed by atoms with E-state index in [9.17, 15) is 14.9 Å². The summed E-state index contributed by atoms with van der Waals surface area (Å²) in [6.07, 6.45) is -0.654. The fourth-order valence-corrected chi connectivity index (χ4v) is 2.17. The van der Waals surface area contributed by atoms with Crippen molar-refractivity contribution < 1.29 is 29.1 Å². The van der Waals surface area contributed by atoms with Gasteiger partial charge in [-0.05, 0) is 18.5 Å². The van der Waals surface area contributed by atoms with Crippen molar-refractivity contribution in [3.63, 3.8) is 0 Å². The fraction of sp³-hybridized carbons (Fsp3) is 0.417. The summed E-state index contributed by atoms with van der Waals surface area (Å²) in [5, 5.41) is 19.3. The zero-order valence-electron chi connectivity index (χ0n) is 10.8. The van der Waals surface area contributed by atoms with Crippen molar-refractivity contribution in [3.05, 3.63) is 17.7 Å². The van der Waals surface area contributed by atoms with Gasteiger partial charge < -0.3 is 24.3 Å². The van der Waals surface area contributed by atoms with E-state index >= 15 is 0 Å². The Morgan fingerprint density at radius 3 is 2.89 bits per heavy atom. The number of carbonyl (C=O) groups excluding carboxylic acids is 1. The monoisotopic (exact) mass is 266 g/mol. The molecule has 1 unspecified atom stereocenters. The molecule has 1 atom stereocenters. The number of esters is 1. The molecule has 0 saturated carbocycles. The number of benzene rings is 1. The fourth-order valence-electron chi connectivity index (χ4n) is 2.17. The molecule has 1 aromatic carbocycles. The number of phenols is 1. The van der Waals surface area contributed by atoms with E-state index < -0.39 is 19.2 Å². The van der Waals surface area contributed by atoms with Crippen LogP contribution in [0.2, 0.25) is 0 Å². The highest BCUT2D eigenvalue weighted by molar-refractivity contribution is 6.62. The lowest BCUT2D eigenvalue weighted by atomic mass is 9.78. The largest absolute Gasteiger partial charge is 0.508 e. The molecule has 1 heterocycles. The second kappa shape index (κ2) is 5.50. The van der Waals surface area contributed by atoms with Crippen LogP contribution in [-0.2, 0) is 14.2 Å². The summed E-state index contributed by atoms with van der Waals surface area (Å²) in [6.45, 7) is 2.00.